The monoisotopic (exact) mass is 293 g/mol. The number of rotatable bonds is 2. The Kier molecular flexibility index (Phi) is 3.28. The first-order valence-corrected chi connectivity index (χ1v) is 5.95. The van der Waals surface area contributed by atoms with E-state index in [4.69, 9.17) is 0 Å². The molecule has 2 aromatic rings. The Balaban J connectivity index is 2.57. The highest BCUT2D eigenvalue weighted by atomic mass is 79.9. The molecule has 1 N–H and O–H groups in total. The molecule has 0 atom stereocenters. The van der Waals surface area contributed by atoms with Crippen molar-refractivity contribution in [2.24, 2.45) is 0 Å². The number of hydrogen-bond acceptors (Lipinski definition) is 3. The van der Waals surface area contributed by atoms with Gasteiger partial charge in [-0.3, -0.25) is 4.79 Å². The van der Waals surface area contributed by atoms with Gasteiger partial charge in [-0.25, -0.2) is 0 Å². The molecule has 0 aliphatic rings. The number of aryl methyl sites for hydroxylation is 1. The standard InChI is InChI=1S/C12H12BrN3O/c1-8-5-9(13)3-4-11(8)16-12(17)6-10(14-2)7-15-16/h3-7,14H,1-2H3. The first-order valence-electron chi connectivity index (χ1n) is 5.15. The summed E-state index contributed by atoms with van der Waals surface area (Å²) in [6.07, 6.45) is 1.63. The quantitative estimate of drug-likeness (QED) is 0.925. The maximum Gasteiger partial charge on any atom is 0.273 e. The van der Waals surface area contributed by atoms with E-state index < -0.39 is 0 Å². The van der Waals surface area contributed by atoms with Gasteiger partial charge in [-0.2, -0.15) is 9.78 Å². The third kappa shape index (κ3) is 2.39. The second-order valence-corrected chi connectivity index (χ2v) is 4.59. The molecule has 0 saturated heterocycles. The lowest BCUT2D eigenvalue weighted by Crippen LogP contribution is -2.21. The van der Waals surface area contributed by atoms with Crippen molar-refractivity contribution in [3.05, 3.63) is 50.9 Å². The number of anilines is 1. The van der Waals surface area contributed by atoms with Crippen LogP contribution in [0.5, 0.6) is 0 Å². The molecular formula is C12H12BrN3O. The highest BCUT2D eigenvalue weighted by Crippen LogP contribution is 2.17. The summed E-state index contributed by atoms with van der Waals surface area (Å²) < 4.78 is 2.38. The zero-order valence-corrected chi connectivity index (χ0v) is 11.2. The summed E-state index contributed by atoms with van der Waals surface area (Å²) in [6, 6.07) is 7.24. The van der Waals surface area contributed by atoms with Crippen molar-refractivity contribution in [2.45, 2.75) is 6.92 Å². The largest absolute Gasteiger partial charge is 0.387 e. The third-order valence-electron chi connectivity index (χ3n) is 2.48. The van der Waals surface area contributed by atoms with E-state index >= 15 is 0 Å². The van der Waals surface area contributed by atoms with E-state index in [1.165, 1.54) is 10.7 Å². The molecule has 1 heterocycles. The maximum atomic E-state index is 11.9. The molecule has 17 heavy (non-hydrogen) atoms. The van der Waals surface area contributed by atoms with Gasteiger partial charge >= 0.3 is 0 Å². The second-order valence-electron chi connectivity index (χ2n) is 3.68. The van der Waals surface area contributed by atoms with Gasteiger partial charge < -0.3 is 5.32 Å². The molecular weight excluding hydrogens is 282 g/mol. The average Bonchev–Trinajstić information content (AvgIpc) is 2.30. The zero-order chi connectivity index (χ0) is 12.4. The molecule has 5 heteroatoms. The lowest BCUT2D eigenvalue weighted by Gasteiger charge is -2.08. The molecule has 0 radical (unpaired) electrons. The summed E-state index contributed by atoms with van der Waals surface area (Å²) in [5.74, 6) is 0. The van der Waals surface area contributed by atoms with Crippen molar-refractivity contribution in [1.29, 1.82) is 0 Å². The number of benzene rings is 1. The van der Waals surface area contributed by atoms with Crippen LogP contribution in [0, 0.1) is 6.92 Å². The normalized spacial score (nSPS) is 10.3. The van der Waals surface area contributed by atoms with Gasteiger partial charge in [0.05, 0.1) is 17.6 Å². The highest BCUT2D eigenvalue weighted by molar-refractivity contribution is 9.10. The lowest BCUT2D eigenvalue weighted by molar-refractivity contribution is 0.802. The van der Waals surface area contributed by atoms with Crippen LogP contribution in [0.2, 0.25) is 0 Å². The van der Waals surface area contributed by atoms with Crippen molar-refractivity contribution in [3.8, 4) is 5.69 Å². The smallest absolute Gasteiger partial charge is 0.273 e. The minimum absolute atomic E-state index is 0.151. The maximum absolute atomic E-state index is 11.9. The number of halogens is 1. The Hall–Kier alpha value is -1.62. The van der Waals surface area contributed by atoms with Crippen molar-refractivity contribution in [3.63, 3.8) is 0 Å². The molecule has 88 valence electrons. The fraction of sp³-hybridized carbons (Fsp3) is 0.167. The first-order chi connectivity index (χ1) is 8.11. The van der Waals surface area contributed by atoms with Gasteiger partial charge in [-0.15, -0.1) is 0 Å². The Morgan fingerprint density at radius 1 is 1.35 bits per heavy atom. The Bertz CT molecular complexity index is 607. The Labute approximate surface area is 107 Å². The molecule has 0 aliphatic carbocycles. The van der Waals surface area contributed by atoms with Crippen LogP contribution < -0.4 is 10.9 Å². The molecule has 0 bridgehead atoms. The summed E-state index contributed by atoms with van der Waals surface area (Å²) in [6.45, 7) is 1.94. The van der Waals surface area contributed by atoms with Crippen LogP contribution in [0.3, 0.4) is 0 Å². The van der Waals surface area contributed by atoms with Crippen molar-refractivity contribution >= 4 is 21.6 Å². The minimum Gasteiger partial charge on any atom is -0.387 e. The van der Waals surface area contributed by atoms with Gasteiger partial charge in [-0.1, -0.05) is 15.9 Å². The van der Waals surface area contributed by atoms with E-state index in [1.807, 2.05) is 25.1 Å². The van der Waals surface area contributed by atoms with E-state index in [-0.39, 0.29) is 5.56 Å². The minimum atomic E-state index is -0.151. The van der Waals surface area contributed by atoms with Gasteiger partial charge in [0.2, 0.25) is 0 Å². The van der Waals surface area contributed by atoms with Crippen molar-refractivity contribution in [1.82, 2.24) is 9.78 Å². The summed E-state index contributed by atoms with van der Waals surface area (Å²) >= 11 is 3.39. The van der Waals surface area contributed by atoms with Crippen molar-refractivity contribution in [2.75, 3.05) is 12.4 Å². The molecule has 0 fully saturated rings. The predicted molar refractivity (Wildman–Crippen MR) is 71.8 cm³/mol. The topological polar surface area (TPSA) is 46.9 Å². The molecule has 0 aliphatic heterocycles. The predicted octanol–water partition coefficient (Wildman–Crippen LogP) is 2.35. The van der Waals surface area contributed by atoms with Crippen LogP contribution in [0.25, 0.3) is 5.69 Å². The van der Waals surface area contributed by atoms with E-state index in [2.05, 4.69) is 26.3 Å². The number of nitrogens with one attached hydrogen (secondary N) is 1. The molecule has 1 aromatic heterocycles. The van der Waals surface area contributed by atoms with E-state index in [0.29, 0.717) is 5.69 Å². The summed E-state index contributed by atoms with van der Waals surface area (Å²) in [7, 11) is 1.76. The fourth-order valence-corrected chi connectivity index (χ4v) is 2.06. The SMILES string of the molecule is CNc1cnn(-c2ccc(Br)cc2C)c(=O)c1. The van der Waals surface area contributed by atoms with Crippen LogP contribution in [0.4, 0.5) is 5.69 Å². The van der Waals surface area contributed by atoms with Gasteiger partial charge in [0.15, 0.2) is 0 Å². The first kappa shape index (κ1) is 11.9. The van der Waals surface area contributed by atoms with E-state index in [9.17, 15) is 4.79 Å². The molecule has 4 nitrogen and oxygen atoms in total. The van der Waals surface area contributed by atoms with E-state index in [0.717, 1.165) is 15.7 Å². The molecule has 0 saturated carbocycles. The Morgan fingerprint density at radius 2 is 2.12 bits per heavy atom. The van der Waals surface area contributed by atoms with Crippen molar-refractivity contribution < 1.29 is 0 Å². The lowest BCUT2D eigenvalue weighted by atomic mass is 10.2. The number of hydrogen-bond donors (Lipinski definition) is 1. The molecule has 1 aromatic carbocycles. The molecule has 2 rings (SSSR count). The van der Waals surface area contributed by atoms with Gasteiger partial charge in [0.1, 0.15) is 0 Å². The fourth-order valence-electron chi connectivity index (χ4n) is 1.58. The van der Waals surface area contributed by atoms with Crippen LogP contribution in [0.15, 0.2) is 39.7 Å². The third-order valence-corrected chi connectivity index (χ3v) is 2.97. The van der Waals surface area contributed by atoms with Gasteiger partial charge in [0.25, 0.3) is 5.56 Å². The molecule has 0 spiro atoms. The summed E-state index contributed by atoms with van der Waals surface area (Å²) in [4.78, 5) is 11.9. The Morgan fingerprint density at radius 3 is 2.71 bits per heavy atom. The molecule has 0 unspecified atom stereocenters. The van der Waals surface area contributed by atoms with Crippen LogP contribution >= 0.6 is 15.9 Å². The highest BCUT2D eigenvalue weighted by Gasteiger charge is 2.05. The van der Waals surface area contributed by atoms with E-state index in [1.54, 1.807) is 13.2 Å². The second kappa shape index (κ2) is 4.71. The van der Waals surface area contributed by atoms with Crippen LogP contribution in [-0.4, -0.2) is 16.8 Å². The zero-order valence-electron chi connectivity index (χ0n) is 9.57. The summed E-state index contributed by atoms with van der Waals surface area (Å²) in [5.41, 5.74) is 2.34. The number of nitrogens with zero attached hydrogens (tertiary/aromatic N) is 2. The average molecular weight is 294 g/mol. The number of aromatic nitrogens is 2. The van der Waals surface area contributed by atoms with Crippen LogP contribution in [0.1, 0.15) is 5.56 Å². The molecule has 0 amide bonds. The summed E-state index contributed by atoms with van der Waals surface area (Å²) in [5, 5.41) is 7.02. The van der Waals surface area contributed by atoms with Crippen LogP contribution in [-0.2, 0) is 0 Å². The van der Waals surface area contributed by atoms with Gasteiger partial charge in [0, 0.05) is 17.6 Å². The van der Waals surface area contributed by atoms with Gasteiger partial charge in [-0.05, 0) is 30.7 Å².